The molecule has 0 unspecified atom stereocenters. The molecule has 6 nitrogen and oxygen atoms in total. The van der Waals surface area contributed by atoms with Crippen molar-refractivity contribution in [2.24, 2.45) is 0 Å². The lowest BCUT2D eigenvalue weighted by atomic mass is 9.89. The van der Waals surface area contributed by atoms with Crippen LogP contribution in [0.25, 0.3) is 0 Å². The van der Waals surface area contributed by atoms with Crippen LogP contribution >= 0.6 is 0 Å². The number of nitrogens with zero attached hydrogens (tertiary/aromatic N) is 1. The summed E-state index contributed by atoms with van der Waals surface area (Å²) in [5, 5.41) is 11.4. The van der Waals surface area contributed by atoms with Crippen LogP contribution in [0.1, 0.15) is 46.4 Å². The SMILES string of the molecule is O=C(O)N[C@H]1CCCC[C@H]1N1C(=O)c2ccccc2C1=O. The predicted octanol–water partition coefficient (Wildman–Crippen LogP) is 1.86. The lowest BCUT2D eigenvalue weighted by Gasteiger charge is -2.36. The van der Waals surface area contributed by atoms with E-state index < -0.39 is 18.2 Å². The molecule has 0 saturated heterocycles. The smallest absolute Gasteiger partial charge is 0.404 e. The molecule has 6 heteroatoms. The highest BCUT2D eigenvalue weighted by Crippen LogP contribution is 2.31. The number of rotatable bonds is 2. The molecule has 1 aromatic carbocycles. The fraction of sp³-hybridized carbons (Fsp3) is 0.400. The van der Waals surface area contributed by atoms with E-state index in [1.807, 2.05) is 0 Å². The van der Waals surface area contributed by atoms with Crippen LogP contribution in [0.3, 0.4) is 0 Å². The number of benzene rings is 1. The highest BCUT2D eigenvalue weighted by molar-refractivity contribution is 6.21. The first kappa shape index (κ1) is 13.6. The molecule has 1 aliphatic carbocycles. The van der Waals surface area contributed by atoms with Gasteiger partial charge in [0.2, 0.25) is 0 Å². The van der Waals surface area contributed by atoms with Crippen LogP contribution in [0.5, 0.6) is 0 Å². The number of nitrogens with one attached hydrogen (secondary N) is 1. The Morgan fingerprint density at radius 3 is 2.24 bits per heavy atom. The second kappa shape index (κ2) is 5.20. The zero-order valence-corrected chi connectivity index (χ0v) is 11.4. The third-order valence-corrected chi connectivity index (χ3v) is 4.20. The molecule has 0 bridgehead atoms. The average Bonchev–Trinajstić information content (AvgIpc) is 2.72. The first-order valence-corrected chi connectivity index (χ1v) is 7.06. The van der Waals surface area contributed by atoms with Gasteiger partial charge in [-0.3, -0.25) is 14.5 Å². The van der Waals surface area contributed by atoms with Gasteiger partial charge in [-0.05, 0) is 25.0 Å². The summed E-state index contributed by atoms with van der Waals surface area (Å²) in [6.45, 7) is 0. The molecule has 0 radical (unpaired) electrons. The van der Waals surface area contributed by atoms with Gasteiger partial charge in [0, 0.05) is 0 Å². The Bertz CT molecular complexity index is 578. The van der Waals surface area contributed by atoms with Crippen LogP contribution in [0.4, 0.5) is 4.79 Å². The minimum absolute atomic E-state index is 0.320. The number of carbonyl (C=O) groups excluding carboxylic acids is 2. The molecule has 3 rings (SSSR count). The molecule has 0 aromatic heterocycles. The van der Waals surface area contributed by atoms with Crippen LogP contribution in [0.15, 0.2) is 24.3 Å². The van der Waals surface area contributed by atoms with E-state index in [9.17, 15) is 14.4 Å². The molecule has 1 aromatic rings. The summed E-state index contributed by atoms with van der Waals surface area (Å²) < 4.78 is 0. The molecule has 1 fully saturated rings. The molecule has 21 heavy (non-hydrogen) atoms. The quantitative estimate of drug-likeness (QED) is 0.813. The molecule has 2 N–H and O–H groups in total. The summed E-state index contributed by atoms with van der Waals surface area (Å²) in [5.41, 5.74) is 0.810. The van der Waals surface area contributed by atoms with Crippen LogP contribution in [-0.4, -0.2) is 40.0 Å². The maximum Gasteiger partial charge on any atom is 0.404 e. The Balaban J connectivity index is 1.91. The largest absolute Gasteiger partial charge is 0.465 e. The molecular weight excluding hydrogens is 272 g/mol. The molecule has 1 heterocycles. The van der Waals surface area contributed by atoms with Gasteiger partial charge in [0.15, 0.2) is 0 Å². The number of fused-ring (bicyclic) bond motifs is 1. The molecule has 2 atom stereocenters. The number of hydrogen-bond donors (Lipinski definition) is 2. The number of hydrogen-bond acceptors (Lipinski definition) is 3. The minimum Gasteiger partial charge on any atom is -0.465 e. The monoisotopic (exact) mass is 288 g/mol. The summed E-state index contributed by atoms with van der Waals surface area (Å²) in [7, 11) is 0. The van der Waals surface area contributed by atoms with Crippen LogP contribution in [0, 0.1) is 0 Å². The summed E-state index contributed by atoms with van der Waals surface area (Å²) in [4.78, 5) is 37.1. The molecular formula is C15H16N2O4. The van der Waals surface area contributed by atoms with Crippen molar-refractivity contribution in [3.8, 4) is 0 Å². The Morgan fingerprint density at radius 2 is 1.67 bits per heavy atom. The van der Waals surface area contributed by atoms with Crippen LogP contribution in [0.2, 0.25) is 0 Å². The fourth-order valence-corrected chi connectivity index (χ4v) is 3.26. The van der Waals surface area contributed by atoms with E-state index in [1.54, 1.807) is 24.3 Å². The van der Waals surface area contributed by atoms with Crippen molar-refractivity contribution in [1.82, 2.24) is 10.2 Å². The van der Waals surface area contributed by atoms with Gasteiger partial charge in [0.1, 0.15) is 0 Å². The summed E-state index contributed by atoms with van der Waals surface area (Å²) in [6, 6.07) is 5.93. The van der Waals surface area contributed by atoms with Gasteiger partial charge in [-0.1, -0.05) is 25.0 Å². The summed E-state index contributed by atoms with van der Waals surface area (Å²) >= 11 is 0. The van der Waals surface area contributed by atoms with E-state index in [2.05, 4.69) is 5.32 Å². The molecule has 3 amide bonds. The fourth-order valence-electron chi connectivity index (χ4n) is 3.26. The first-order valence-electron chi connectivity index (χ1n) is 7.06. The topological polar surface area (TPSA) is 86.7 Å². The van der Waals surface area contributed by atoms with Gasteiger partial charge in [-0.15, -0.1) is 0 Å². The maximum atomic E-state index is 12.5. The van der Waals surface area contributed by atoms with Crippen LogP contribution < -0.4 is 5.32 Å². The van der Waals surface area contributed by atoms with E-state index in [4.69, 9.17) is 5.11 Å². The van der Waals surface area contributed by atoms with Gasteiger partial charge >= 0.3 is 6.09 Å². The lowest BCUT2D eigenvalue weighted by molar-refractivity contribution is 0.0502. The summed E-state index contributed by atoms with van der Waals surface area (Å²) in [6.07, 6.45) is 1.94. The number of carbonyl (C=O) groups is 3. The van der Waals surface area contributed by atoms with E-state index >= 15 is 0 Å². The third kappa shape index (κ3) is 2.26. The molecule has 1 aliphatic heterocycles. The first-order chi connectivity index (χ1) is 10.1. The van der Waals surface area contributed by atoms with Gasteiger partial charge in [-0.25, -0.2) is 4.79 Å². The highest BCUT2D eigenvalue weighted by Gasteiger charge is 2.43. The maximum absolute atomic E-state index is 12.5. The van der Waals surface area contributed by atoms with Crippen molar-refractivity contribution in [2.45, 2.75) is 37.8 Å². The Labute approximate surface area is 121 Å². The normalized spacial score (nSPS) is 24.9. The van der Waals surface area contributed by atoms with Crippen molar-refractivity contribution in [3.63, 3.8) is 0 Å². The van der Waals surface area contributed by atoms with Crippen molar-refractivity contribution >= 4 is 17.9 Å². The predicted molar refractivity (Wildman–Crippen MR) is 74.1 cm³/mol. The number of amides is 3. The highest BCUT2D eigenvalue weighted by atomic mass is 16.4. The Morgan fingerprint density at radius 1 is 1.10 bits per heavy atom. The van der Waals surface area contributed by atoms with E-state index in [1.165, 1.54) is 4.90 Å². The van der Waals surface area contributed by atoms with Crippen molar-refractivity contribution in [2.75, 3.05) is 0 Å². The summed E-state index contributed by atoms with van der Waals surface area (Å²) in [5.74, 6) is -0.639. The van der Waals surface area contributed by atoms with E-state index in [0.29, 0.717) is 24.0 Å². The van der Waals surface area contributed by atoms with Gasteiger partial charge in [0.05, 0.1) is 23.2 Å². The molecule has 1 saturated carbocycles. The Kier molecular flexibility index (Phi) is 3.37. The minimum atomic E-state index is -1.12. The molecule has 110 valence electrons. The van der Waals surface area contributed by atoms with E-state index in [0.717, 1.165) is 12.8 Å². The Hall–Kier alpha value is -2.37. The van der Waals surface area contributed by atoms with Crippen LogP contribution in [-0.2, 0) is 0 Å². The zero-order valence-electron chi connectivity index (χ0n) is 11.4. The third-order valence-electron chi connectivity index (χ3n) is 4.20. The lowest BCUT2D eigenvalue weighted by Crippen LogP contribution is -2.54. The zero-order chi connectivity index (χ0) is 15.0. The van der Waals surface area contributed by atoms with Gasteiger partial charge < -0.3 is 10.4 Å². The van der Waals surface area contributed by atoms with Crippen molar-refractivity contribution in [1.29, 1.82) is 0 Å². The van der Waals surface area contributed by atoms with E-state index in [-0.39, 0.29) is 11.8 Å². The van der Waals surface area contributed by atoms with Crippen molar-refractivity contribution < 1.29 is 19.5 Å². The number of imide groups is 1. The molecule has 0 spiro atoms. The van der Waals surface area contributed by atoms with Gasteiger partial charge in [-0.2, -0.15) is 0 Å². The average molecular weight is 288 g/mol. The van der Waals surface area contributed by atoms with Gasteiger partial charge in [0.25, 0.3) is 11.8 Å². The second-order valence-electron chi connectivity index (χ2n) is 5.43. The second-order valence-corrected chi connectivity index (χ2v) is 5.43. The number of carboxylic acid groups (broad SMARTS) is 1. The standard InChI is InChI=1S/C15H16N2O4/c18-13-9-5-1-2-6-10(9)14(19)17(13)12-8-4-3-7-11(12)16-15(20)21/h1-2,5-6,11-12,16H,3-4,7-8H2,(H,20,21)/t11-,12+/m0/s1. The van der Waals surface area contributed by atoms with Crippen molar-refractivity contribution in [3.05, 3.63) is 35.4 Å². The molecule has 2 aliphatic rings.